The van der Waals surface area contributed by atoms with Crippen LogP contribution in [0.4, 0.5) is 0 Å². The van der Waals surface area contributed by atoms with Crippen molar-refractivity contribution in [2.45, 2.75) is 18.8 Å². The molecule has 3 aromatic carbocycles. The number of carbonyl (C=O) groups excluding carboxylic acids is 1. The number of ether oxygens (including phenoxy) is 2. The van der Waals surface area contributed by atoms with Gasteiger partial charge < -0.3 is 19.5 Å². The van der Waals surface area contributed by atoms with Gasteiger partial charge in [-0.15, -0.1) is 0 Å². The SMILES string of the molecule is O=C1OC(O)(c2ccc(OCc3ccccc3)cc2)C(Cc2ccccc2)=C1C1=CCOO1. The second-order valence-electron chi connectivity index (χ2n) is 7.78. The Bertz CT molecular complexity index is 1200. The molecule has 2 heterocycles. The van der Waals surface area contributed by atoms with Crippen LogP contribution in [0.1, 0.15) is 16.7 Å². The maximum Gasteiger partial charge on any atom is 0.345 e. The maximum atomic E-state index is 12.8. The fourth-order valence-corrected chi connectivity index (χ4v) is 3.93. The Labute approximate surface area is 191 Å². The first-order chi connectivity index (χ1) is 16.1. The van der Waals surface area contributed by atoms with Gasteiger partial charge in [0.05, 0.1) is 0 Å². The molecule has 1 N–H and O–H groups in total. The van der Waals surface area contributed by atoms with Gasteiger partial charge in [0.15, 0.2) is 5.76 Å². The van der Waals surface area contributed by atoms with E-state index in [2.05, 4.69) is 0 Å². The van der Waals surface area contributed by atoms with E-state index in [1.807, 2.05) is 60.7 Å². The van der Waals surface area contributed by atoms with E-state index in [9.17, 15) is 9.90 Å². The predicted octanol–water partition coefficient (Wildman–Crippen LogP) is 4.35. The number of aliphatic hydroxyl groups is 1. The summed E-state index contributed by atoms with van der Waals surface area (Å²) in [7, 11) is 0. The average Bonchev–Trinajstić information content (AvgIpc) is 3.46. The minimum absolute atomic E-state index is 0.184. The van der Waals surface area contributed by atoms with E-state index in [1.165, 1.54) is 0 Å². The Morgan fingerprint density at radius 3 is 2.18 bits per heavy atom. The first-order valence-corrected chi connectivity index (χ1v) is 10.6. The van der Waals surface area contributed by atoms with Crippen LogP contribution in [-0.2, 0) is 38.1 Å². The lowest BCUT2D eigenvalue weighted by atomic mass is 9.89. The molecule has 166 valence electrons. The zero-order valence-corrected chi connectivity index (χ0v) is 17.8. The highest BCUT2D eigenvalue weighted by Gasteiger charge is 2.49. The van der Waals surface area contributed by atoms with Gasteiger partial charge in [0.2, 0.25) is 0 Å². The molecule has 2 aliphatic rings. The van der Waals surface area contributed by atoms with Crippen LogP contribution in [0.3, 0.4) is 0 Å². The number of cyclic esters (lactones) is 1. The minimum Gasteiger partial charge on any atom is -0.489 e. The number of carbonyl (C=O) groups is 1. The summed E-state index contributed by atoms with van der Waals surface area (Å²) in [5.41, 5.74) is 2.97. The van der Waals surface area contributed by atoms with Crippen LogP contribution in [0.5, 0.6) is 5.75 Å². The summed E-state index contributed by atoms with van der Waals surface area (Å²) in [4.78, 5) is 22.9. The molecular weight excluding hydrogens is 420 g/mol. The molecular formula is C27H22O6. The highest BCUT2D eigenvalue weighted by Crippen LogP contribution is 2.44. The van der Waals surface area contributed by atoms with Gasteiger partial charge in [0, 0.05) is 17.6 Å². The molecule has 0 saturated carbocycles. The van der Waals surface area contributed by atoms with Gasteiger partial charge in [-0.25, -0.2) is 4.79 Å². The molecule has 0 bridgehead atoms. The minimum atomic E-state index is -1.94. The quantitative estimate of drug-likeness (QED) is 0.433. The Morgan fingerprint density at radius 1 is 0.879 bits per heavy atom. The third kappa shape index (κ3) is 4.26. The van der Waals surface area contributed by atoms with E-state index in [0.29, 0.717) is 29.9 Å². The van der Waals surface area contributed by atoms with Crippen molar-refractivity contribution in [2.75, 3.05) is 6.61 Å². The lowest BCUT2D eigenvalue weighted by Gasteiger charge is -2.26. The summed E-state index contributed by atoms with van der Waals surface area (Å²) in [6.07, 6.45) is 1.94. The summed E-state index contributed by atoms with van der Waals surface area (Å²) < 4.78 is 11.4. The molecule has 0 saturated heterocycles. The predicted molar refractivity (Wildman–Crippen MR) is 119 cm³/mol. The highest BCUT2D eigenvalue weighted by molar-refractivity contribution is 5.97. The molecule has 6 nitrogen and oxygen atoms in total. The molecule has 1 atom stereocenters. The summed E-state index contributed by atoms with van der Waals surface area (Å²) >= 11 is 0. The monoisotopic (exact) mass is 442 g/mol. The van der Waals surface area contributed by atoms with Crippen LogP contribution < -0.4 is 4.74 Å². The van der Waals surface area contributed by atoms with Gasteiger partial charge in [-0.2, -0.15) is 4.89 Å². The van der Waals surface area contributed by atoms with E-state index in [-0.39, 0.29) is 17.9 Å². The third-order valence-electron chi connectivity index (χ3n) is 5.60. The topological polar surface area (TPSA) is 74.2 Å². The lowest BCUT2D eigenvalue weighted by Crippen LogP contribution is -2.29. The van der Waals surface area contributed by atoms with Crippen molar-refractivity contribution in [3.63, 3.8) is 0 Å². The molecule has 33 heavy (non-hydrogen) atoms. The molecule has 0 aliphatic carbocycles. The van der Waals surface area contributed by atoms with Crippen LogP contribution in [0, 0.1) is 0 Å². The Balaban J connectivity index is 1.45. The van der Waals surface area contributed by atoms with Crippen LogP contribution in [0.15, 0.2) is 108 Å². The van der Waals surface area contributed by atoms with Crippen molar-refractivity contribution >= 4 is 5.97 Å². The fourth-order valence-electron chi connectivity index (χ4n) is 3.93. The van der Waals surface area contributed by atoms with Crippen molar-refractivity contribution in [1.82, 2.24) is 0 Å². The Hall–Kier alpha value is -3.87. The zero-order valence-electron chi connectivity index (χ0n) is 17.8. The standard InChI is InChI=1S/C27H22O6/c28-26-25(24-15-16-31-33-24)23(17-19-7-3-1-4-8-19)27(29,32-26)21-11-13-22(14-12-21)30-18-20-9-5-2-6-10-20/h1-15,29H,16-18H2. The summed E-state index contributed by atoms with van der Waals surface area (Å²) in [5, 5.41) is 11.6. The van der Waals surface area contributed by atoms with Crippen molar-refractivity contribution in [1.29, 1.82) is 0 Å². The van der Waals surface area contributed by atoms with Crippen LogP contribution in [0.25, 0.3) is 0 Å². The molecule has 5 rings (SSSR count). The average molecular weight is 442 g/mol. The summed E-state index contributed by atoms with van der Waals surface area (Å²) in [6, 6.07) is 26.3. The number of esters is 1. The van der Waals surface area contributed by atoms with Crippen LogP contribution in [0.2, 0.25) is 0 Å². The summed E-state index contributed by atoms with van der Waals surface area (Å²) in [5.74, 6) is -1.71. The second-order valence-corrected chi connectivity index (χ2v) is 7.78. The molecule has 0 radical (unpaired) electrons. The molecule has 0 fully saturated rings. The van der Waals surface area contributed by atoms with Crippen molar-refractivity contribution in [3.05, 3.63) is 125 Å². The fraction of sp³-hybridized carbons (Fsp3) is 0.148. The van der Waals surface area contributed by atoms with Crippen LogP contribution >= 0.6 is 0 Å². The van der Waals surface area contributed by atoms with E-state index < -0.39 is 11.8 Å². The van der Waals surface area contributed by atoms with Gasteiger partial charge in [-0.1, -0.05) is 60.7 Å². The lowest BCUT2D eigenvalue weighted by molar-refractivity contribution is -0.231. The normalized spacial score (nSPS) is 19.8. The van der Waals surface area contributed by atoms with E-state index in [4.69, 9.17) is 19.2 Å². The molecule has 6 heteroatoms. The van der Waals surface area contributed by atoms with Gasteiger partial charge in [-0.05, 0) is 41.5 Å². The maximum absolute atomic E-state index is 12.8. The Kier molecular flexibility index (Phi) is 5.69. The molecule has 3 aromatic rings. The van der Waals surface area contributed by atoms with Crippen LogP contribution in [-0.4, -0.2) is 17.7 Å². The number of benzene rings is 3. The third-order valence-corrected chi connectivity index (χ3v) is 5.60. The van der Waals surface area contributed by atoms with E-state index >= 15 is 0 Å². The van der Waals surface area contributed by atoms with Crippen molar-refractivity contribution in [3.8, 4) is 5.75 Å². The van der Waals surface area contributed by atoms with Gasteiger partial charge in [0.1, 0.15) is 24.5 Å². The van der Waals surface area contributed by atoms with Gasteiger partial charge in [0.25, 0.3) is 5.79 Å². The van der Waals surface area contributed by atoms with Crippen molar-refractivity contribution in [2.24, 2.45) is 0 Å². The van der Waals surface area contributed by atoms with E-state index in [1.54, 1.807) is 30.3 Å². The molecule has 0 aromatic heterocycles. The number of hydrogen-bond acceptors (Lipinski definition) is 6. The molecule has 0 spiro atoms. The van der Waals surface area contributed by atoms with E-state index in [0.717, 1.165) is 11.1 Å². The smallest absolute Gasteiger partial charge is 0.345 e. The Morgan fingerprint density at radius 2 is 1.55 bits per heavy atom. The molecule has 0 amide bonds. The number of rotatable bonds is 7. The first-order valence-electron chi connectivity index (χ1n) is 10.6. The largest absolute Gasteiger partial charge is 0.489 e. The first kappa shape index (κ1) is 21.0. The van der Waals surface area contributed by atoms with Gasteiger partial charge in [-0.3, -0.25) is 0 Å². The summed E-state index contributed by atoms with van der Waals surface area (Å²) in [6.45, 7) is 0.644. The van der Waals surface area contributed by atoms with Crippen molar-refractivity contribution < 1.29 is 29.1 Å². The van der Waals surface area contributed by atoms with Gasteiger partial charge >= 0.3 is 5.97 Å². The second kappa shape index (κ2) is 8.94. The number of hydrogen-bond donors (Lipinski definition) is 1. The zero-order chi connectivity index (χ0) is 22.7. The molecule has 1 unspecified atom stereocenters. The highest BCUT2D eigenvalue weighted by atomic mass is 17.2. The molecule has 2 aliphatic heterocycles.